The normalized spacial score (nSPS) is 12.8. The number of thiophene rings is 1. The minimum Gasteiger partial charge on any atom is -0.383 e. The Morgan fingerprint density at radius 1 is 1.18 bits per heavy atom. The second-order valence-electron chi connectivity index (χ2n) is 3.32. The van der Waals surface area contributed by atoms with Crippen molar-refractivity contribution in [1.82, 2.24) is 0 Å². The summed E-state index contributed by atoms with van der Waals surface area (Å²) in [7, 11) is 0. The molecular weight excluding hydrogens is 439 g/mol. The number of hydrogen-bond donors (Lipinski definition) is 1. The maximum absolute atomic E-state index is 13.8. The van der Waals surface area contributed by atoms with Crippen LogP contribution in [-0.4, -0.2) is 5.11 Å². The van der Waals surface area contributed by atoms with Crippen LogP contribution in [0.1, 0.15) is 16.5 Å². The van der Waals surface area contributed by atoms with Gasteiger partial charge in [-0.3, -0.25) is 0 Å². The van der Waals surface area contributed by atoms with Crippen molar-refractivity contribution in [2.24, 2.45) is 0 Å². The molecule has 0 amide bonds. The van der Waals surface area contributed by atoms with Crippen molar-refractivity contribution in [2.75, 3.05) is 0 Å². The molecule has 90 valence electrons. The molecule has 1 heterocycles. The summed E-state index contributed by atoms with van der Waals surface area (Å²) in [5.74, 6) is -0.430. The maximum Gasteiger partial charge on any atom is 0.143 e. The van der Waals surface area contributed by atoms with Gasteiger partial charge in [-0.15, -0.1) is 11.3 Å². The fourth-order valence-electron chi connectivity index (χ4n) is 1.38. The molecule has 0 aliphatic heterocycles. The van der Waals surface area contributed by atoms with Crippen molar-refractivity contribution in [2.45, 2.75) is 6.10 Å². The quantitative estimate of drug-likeness (QED) is 0.670. The molecule has 0 spiro atoms. The average Bonchev–Trinajstić information content (AvgIpc) is 2.62. The van der Waals surface area contributed by atoms with E-state index in [4.69, 9.17) is 0 Å². The summed E-state index contributed by atoms with van der Waals surface area (Å²) in [4.78, 5) is 0.681. The van der Waals surface area contributed by atoms with E-state index in [1.54, 1.807) is 24.3 Å². The molecule has 0 radical (unpaired) electrons. The number of aliphatic hydroxyl groups excluding tert-OH is 1. The zero-order valence-corrected chi connectivity index (χ0v) is 13.8. The van der Waals surface area contributed by atoms with Crippen molar-refractivity contribution in [3.63, 3.8) is 0 Å². The molecule has 0 fully saturated rings. The lowest BCUT2D eigenvalue weighted by atomic mass is 10.1. The molecule has 1 aromatic heterocycles. The highest BCUT2D eigenvalue weighted by Gasteiger charge is 2.19. The number of rotatable bonds is 2. The highest BCUT2D eigenvalue weighted by atomic mass is 79.9. The molecule has 0 saturated heterocycles. The summed E-state index contributed by atoms with van der Waals surface area (Å²) in [5.41, 5.74) is 0.264. The molecule has 0 saturated carbocycles. The fraction of sp³-hybridized carbons (Fsp3) is 0.0909. The predicted molar refractivity (Wildman–Crippen MR) is 77.9 cm³/mol. The summed E-state index contributed by atoms with van der Waals surface area (Å²) in [5, 5.41) is 10.1. The first-order valence-corrected chi connectivity index (χ1v) is 7.77. The summed E-state index contributed by atoms with van der Waals surface area (Å²) in [6.07, 6.45) is -0.958. The standard InChI is InChI=1S/C11H6Br3FOS/c12-6-3-1-2-5(9(6)15)10(16)8-4-7(13)11(14)17-8/h1-4,10,16H. The van der Waals surface area contributed by atoms with E-state index in [2.05, 4.69) is 47.8 Å². The number of aliphatic hydroxyl groups is 1. The van der Waals surface area contributed by atoms with Gasteiger partial charge in [-0.05, 0) is 59.9 Å². The maximum atomic E-state index is 13.8. The molecule has 2 rings (SSSR count). The lowest BCUT2D eigenvalue weighted by Gasteiger charge is -2.10. The van der Waals surface area contributed by atoms with Gasteiger partial charge in [0.05, 0.1) is 8.26 Å². The van der Waals surface area contributed by atoms with Crippen LogP contribution >= 0.6 is 59.1 Å². The van der Waals surface area contributed by atoms with Gasteiger partial charge in [0, 0.05) is 14.9 Å². The number of halogens is 4. The molecule has 0 bridgehead atoms. The highest BCUT2D eigenvalue weighted by molar-refractivity contribution is 9.13. The fourth-order valence-corrected chi connectivity index (χ4v) is 3.86. The van der Waals surface area contributed by atoms with E-state index in [-0.39, 0.29) is 5.56 Å². The van der Waals surface area contributed by atoms with Crippen LogP contribution in [0.2, 0.25) is 0 Å². The smallest absolute Gasteiger partial charge is 0.143 e. The molecule has 6 heteroatoms. The highest BCUT2D eigenvalue weighted by Crippen LogP contribution is 2.38. The Morgan fingerprint density at radius 3 is 2.47 bits per heavy atom. The van der Waals surface area contributed by atoms with Gasteiger partial charge >= 0.3 is 0 Å². The third-order valence-electron chi connectivity index (χ3n) is 2.21. The molecule has 17 heavy (non-hydrogen) atoms. The SMILES string of the molecule is OC(c1cc(Br)c(Br)s1)c1cccc(Br)c1F. The predicted octanol–water partition coefficient (Wildman–Crippen LogP) is 5.26. The first kappa shape index (κ1) is 13.7. The Balaban J connectivity index is 2.43. The Labute approximate surface area is 127 Å². The molecule has 1 nitrogen and oxygen atoms in total. The van der Waals surface area contributed by atoms with E-state index in [1.807, 2.05) is 0 Å². The van der Waals surface area contributed by atoms with Gasteiger partial charge in [-0.1, -0.05) is 12.1 Å². The van der Waals surface area contributed by atoms with E-state index in [9.17, 15) is 9.50 Å². The van der Waals surface area contributed by atoms with Gasteiger partial charge in [0.1, 0.15) is 11.9 Å². The monoisotopic (exact) mass is 442 g/mol. The number of benzene rings is 1. The van der Waals surface area contributed by atoms with Crippen LogP contribution in [0.25, 0.3) is 0 Å². The second-order valence-corrected chi connectivity index (χ2v) is 7.43. The summed E-state index contributed by atoms with van der Waals surface area (Å²) in [6.45, 7) is 0. The molecule has 1 unspecified atom stereocenters. The topological polar surface area (TPSA) is 20.2 Å². The summed E-state index contributed by atoms with van der Waals surface area (Å²) in [6, 6.07) is 6.65. The molecular formula is C11H6Br3FOS. The Bertz CT molecular complexity index is 536. The van der Waals surface area contributed by atoms with E-state index in [1.165, 1.54) is 11.3 Å². The van der Waals surface area contributed by atoms with Crippen molar-refractivity contribution in [3.8, 4) is 0 Å². The van der Waals surface area contributed by atoms with Gasteiger partial charge < -0.3 is 5.11 Å². The third-order valence-corrected chi connectivity index (χ3v) is 6.13. The van der Waals surface area contributed by atoms with Crippen LogP contribution in [0, 0.1) is 5.82 Å². The largest absolute Gasteiger partial charge is 0.383 e. The summed E-state index contributed by atoms with van der Waals surface area (Å²) >= 11 is 11.2. The van der Waals surface area contributed by atoms with Crippen LogP contribution in [0.15, 0.2) is 37.0 Å². The molecule has 0 aliphatic rings. The van der Waals surface area contributed by atoms with Gasteiger partial charge in [0.15, 0.2) is 0 Å². The Morgan fingerprint density at radius 2 is 1.88 bits per heavy atom. The van der Waals surface area contributed by atoms with E-state index in [0.717, 1.165) is 8.26 Å². The van der Waals surface area contributed by atoms with Crippen LogP contribution in [-0.2, 0) is 0 Å². The summed E-state index contributed by atoms with van der Waals surface area (Å²) < 4.78 is 15.9. The van der Waals surface area contributed by atoms with Gasteiger partial charge in [-0.25, -0.2) is 4.39 Å². The Kier molecular flexibility index (Phi) is 4.41. The van der Waals surface area contributed by atoms with Crippen LogP contribution in [0.4, 0.5) is 4.39 Å². The zero-order valence-electron chi connectivity index (χ0n) is 8.25. The van der Waals surface area contributed by atoms with Crippen LogP contribution < -0.4 is 0 Å². The van der Waals surface area contributed by atoms with Crippen molar-refractivity contribution in [3.05, 3.63) is 53.3 Å². The molecule has 2 aromatic rings. The Hall–Kier alpha value is 0.250. The van der Waals surface area contributed by atoms with Crippen LogP contribution in [0.3, 0.4) is 0 Å². The van der Waals surface area contributed by atoms with Gasteiger partial charge in [0.25, 0.3) is 0 Å². The number of hydrogen-bond acceptors (Lipinski definition) is 2. The molecule has 1 aromatic carbocycles. The van der Waals surface area contributed by atoms with Crippen molar-refractivity contribution < 1.29 is 9.50 Å². The first-order chi connectivity index (χ1) is 8.00. The van der Waals surface area contributed by atoms with E-state index >= 15 is 0 Å². The second kappa shape index (κ2) is 5.48. The third kappa shape index (κ3) is 2.81. The minimum absolute atomic E-state index is 0.264. The lowest BCUT2D eigenvalue weighted by Crippen LogP contribution is -2.00. The lowest BCUT2D eigenvalue weighted by molar-refractivity contribution is 0.218. The van der Waals surface area contributed by atoms with Crippen molar-refractivity contribution >= 4 is 59.1 Å². The minimum atomic E-state index is -0.958. The van der Waals surface area contributed by atoms with Gasteiger partial charge in [0.2, 0.25) is 0 Å². The van der Waals surface area contributed by atoms with E-state index < -0.39 is 11.9 Å². The zero-order chi connectivity index (χ0) is 12.6. The van der Waals surface area contributed by atoms with Crippen LogP contribution in [0.5, 0.6) is 0 Å². The molecule has 1 N–H and O–H groups in total. The first-order valence-electron chi connectivity index (χ1n) is 4.57. The average molecular weight is 445 g/mol. The molecule has 0 aliphatic carbocycles. The van der Waals surface area contributed by atoms with Gasteiger partial charge in [-0.2, -0.15) is 0 Å². The van der Waals surface area contributed by atoms with Crippen molar-refractivity contribution in [1.29, 1.82) is 0 Å². The molecule has 1 atom stereocenters. The van der Waals surface area contributed by atoms with E-state index in [0.29, 0.717) is 9.35 Å².